The third-order valence-electron chi connectivity index (χ3n) is 3.93. The second kappa shape index (κ2) is 7.07. The first-order chi connectivity index (χ1) is 10.1. The topological polar surface area (TPSA) is 57.6 Å². The Morgan fingerprint density at radius 1 is 1.29 bits per heavy atom. The summed E-state index contributed by atoms with van der Waals surface area (Å²) in [4.78, 5) is 24.7. The molecule has 2 rings (SSSR count). The van der Waals surface area contributed by atoms with Crippen LogP contribution in [-0.4, -0.2) is 35.0 Å². The van der Waals surface area contributed by atoms with Gasteiger partial charge in [-0.15, -0.1) is 0 Å². The molecule has 1 aromatic carbocycles. The number of hydrogen-bond acceptors (Lipinski definition) is 2. The summed E-state index contributed by atoms with van der Waals surface area (Å²) >= 11 is 0. The molecule has 0 fully saturated rings. The predicted molar refractivity (Wildman–Crippen MR) is 81.0 cm³/mol. The van der Waals surface area contributed by atoms with E-state index in [2.05, 4.69) is 0 Å². The Morgan fingerprint density at radius 2 is 2.00 bits per heavy atom. The summed E-state index contributed by atoms with van der Waals surface area (Å²) in [6.45, 7) is 3.13. The first-order valence-electron chi connectivity index (χ1n) is 7.35. The molecule has 0 aliphatic carbocycles. The van der Waals surface area contributed by atoms with Crippen LogP contribution in [0, 0.1) is 0 Å². The first kappa shape index (κ1) is 15.3. The summed E-state index contributed by atoms with van der Waals surface area (Å²) in [6.07, 6.45) is 3.38. The third-order valence-corrected chi connectivity index (χ3v) is 3.93. The van der Waals surface area contributed by atoms with Crippen LogP contribution in [0.15, 0.2) is 42.0 Å². The maximum Gasteiger partial charge on any atom is 0.304 e. The lowest BCUT2D eigenvalue weighted by atomic mass is 9.85. The Hall–Kier alpha value is -2.10. The molecule has 1 aromatic rings. The molecule has 1 heterocycles. The molecule has 1 N–H and O–H groups in total. The smallest absolute Gasteiger partial charge is 0.304 e. The van der Waals surface area contributed by atoms with Crippen molar-refractivity contribution in [2.24, 2.45) is 0 Å². The largest absolute Gasteiger partial charge is 0.481 e. The van der Waals surface area contributed by atoms with E-state index in [0.29, 0.717) is 19.5 Å². The van der Waals surface area contributed by atoms with Gasteiger partial charge in [-0.05, 0) is 12.0 Å². The lowest BCUT2D eigenvalue weighted by Gasteiger charge is -2.29. The second-order valence-electron chi connectivity index (χ2n) is 5.28. The summed E-state index contributed by atoms with van der Waals surface area (Å²) in [5.41, 5.74) is 2.16. The standard InChI is InChI=1S/C17H21NO3/c1-2-16(19)18-10-8-14(9-11-18)15(12-17(20)21)13-6-4-3-5-7-13/h3-8,15H,2,9-12H2,1H3,(H,20,21). The number of benzene rings is 1. The average molecular weight is 287 g/mol. The highest BCUT2D eigenvalue weighted by Gasteiger charge is 2.24. The summed E-state index contributed by atoms with van der Waals surface area (Å²) in [7, 11) is 0. The number of hydrogen-bond donors (Lipinski definition) is 1. The Kier molecular flexibility index (Phi) is 5.14. The van der Waals surface area contributed by atoms with Gasteiger partial charge in [0.25, 0.3) is 0 Å². The summed E-state index contributed by atoms with van der Waals surface area (Å²) in [5, 5.41) is 9.16. The molecule has 1 aliphatic heterocycles. The van der Waals surface area contributed by atoms with Crippen molar-refractivity contribution in [3.63, 3.8) is 0 Å². The number of rotatable bonds is 5. The zero-order valence-electron chi connectivity index (χ0n) is 12.3. The molecule has 0 saturated carbocycles. The van der Waals surface area contributed by atoms with Crippen LogP contribution in [0.3, 0.4) is 0 Å². The van der Waals surface area contributed by atoms with Crippen LogP contribution in [0.1, 0.15) is 37.7 Å². The van der Waals surface area contributed by atoms with E-state index in [1.807, 2.05) is 48.2 Å². The Labute approximate surface area is 125 Å². The van der Waals surface area contributed by atoms with Crippen LogP contribution < -0.4 is 0 Å². The van der Waals surface area contributed by atoms with Gasteiger partial charge in [0.2, 0.25) is 5.91 Å². The van der Waals surface area contributed by atoms with E-state index in [-0.39, 0.29) is 18.2 Å². The van der Waals surface area contributed by atoms with E-state index in [4.69, 9.17) is 5.11 Å². The summed E-state index contributed by atoms with van der Waals surface area (Å²) < 4.78 is 0. The molecule has 0 bridgehead atoms. The van der Waals surface area contributed by atoms with Gasteiger partial charge >= 0.3 is 5.97 Å². The van der Waals surface area contributed by atoms with Crippen molar-refractivity contribution in [2.45, 2.75) is 32.1 Å². The lowest BCUT2D eigenvalue weighted by molar-refractivity contribution is -0.137. The molecule has 21 heavy (non-hydrogen) atoms. The van der Waals surface area contributed by atoms with E-state index >= 15 is 0 Å². The summed E-state index contributed by atoms with van der Waals surface area (Å²) in [5.74, 6) is -0.737. The molecule has 0 spiro atoms. The van der Waals surface area contributed by atoms with Crippen LogP contribution in [0.5, 0.6) is 0 Å². The van der Waals surface area contributed by atoms with E-state index in [1.165, 1.54) is 0 Å². The number of carboxylic acids is 1. The van der Waals surface area contributed by atoms with Crippen molar-refractivity contribution in [1.82, 2.24) is 4.90 Å². The van der Waals surface area contributed by atoms with E-state index in [9.17, 15) is 9.59 Å². The van der Waals surface area contributed by atoms with Crippen molar-refractivity contribution in [1.29, 1.82) is 0 Å². The van der Waals surface area contributed by atoms with Crippen LogP contribution in [0.4, 0.5) is 0 Å². The number of carbonyl (C=O) groups is 2. The highest BCUT2D eigenvalue weighted by Crippen LogP contribution is 2.31. The van der Waals surface area contributed by atoms with Gasteiger partial charge in [0, 0.05) is 25.4 Å². The molecule has 1 aliphatic rings. The minimum Gasteiger partial charge on any atom is -0.481 e. The Bertz CT molecular complexity index is 536. The highest BCUT2D eigenvalue weighted by atomic mass is 16.4. The zero-order valence-corrected chi connectivity index (χ0v) is 12.3. The maximum atomic E-state index is 11.7. The number of amides is 1. The molecule has 0 radical (unpaired) electrons. The molecule has 1 unspecified atom stereocenters. The summed E-state index contributed by atoms with van der Waals surface area (Å²) in [6, 6.07) is 9.73. The van der Waals surface area contributed by atoms with Crippen LogP contribution in [-0.2, 0) is 9.59 Å². The van der Waals surface area contributed by atoms with Gasteiger partial charge in [-0.1, -0.05) is 48.9 Å². The number of carboxylic acid groups (broad SMARTS) is 1. The quantitative estimate of drug-likeness (QED) is 0.847. The van der Waals surface area contributed by atoms with E-state index in [1.54, 1.807) is 0 Å². The fourth-order valence-corrected chi connectivity index (χ4v) is 2.77. The molecule has 1 amide bonds. The van der Waals surface area contributed by atoms with Crippen molar-refractivity contribution < 1.29 is 14.7 Å². The second-order valence-corrected chi connectivity index (χ2v) is 5.28. The maximum absolute atomic E-state index is 11.7. The van der Waals surface area contributed by atoms with E-state index < -0.39 is 5.97 Å². The van der Waals surface area contributed by atoms with Crippen LogP contribution in [0.25, 0.3) is 0 Å². The van der Waals surface area contributed by atoms with Gasteiger partial charge < -0.3 is 10.0 Å². The van der Waals surface area contributed by atoms with Gasteiger partial charge in [0.05, 0.1) is 6.42 Å². The predicted octanol–water partition coefficient (Wildman–Crippen LogP) is 2.81. The Balaban J connectivity index is 2.17. The monoisotopic (exact) mass is 287 g/mol. The van der Waals surface area contributed by atoms with E-state index in [0.717, 1.165) is 17.6 Å². The average Bonchev–Trinajstić information content (AvgIpc) is 2.53. The SMILES string of the molecule is CCC(=O)N1CC=C(C(CC(=O)O)c2ccccc2)CC1. The van der Waals surface area contributed by atoms with Crippen LogP contribution in [0.2, 0.25) is 0 Å². The molecule has 0 saturated heterocycles. The molecule has 4 heteroatoms. The number of aliphatic carboxylic acids is 1. The normalized spacial score (nSPS) is 16.2. The lowest BCUT2D eigenvalue weighted by Crippen LogP contribution is -2.35. The molecule has 0 aromatic heterocycles. The molecule has 1 atom stereocenters. The number of nitrogens with zero attached hydrogens (tertiary/aromatic N) is 1. The van der Waals surface area contributed by atoms with Crippen molar-refractivity contribution in [3.05, 3.63) is 47.5 Å². The van der Waals surface area contributed by atoms with Gasteiger partial charge in [0.15, 0.2) is 0 Å². The molecule has 112 valence electrons. The van der Waals surface area contributed by atoms with Crippen molar-refractivity contribution in [2.75, 3.05) is 13.1 Å². The van der Waals surface area contributed by atoms with Crippen molar-refractivity contribution >= 4 is 11.9 Å². The van der Waals surface area contributed by atoms with Gasteiger partial charge in [0.1, 0.15) is 0 Å². The van der Waals surface area contributed by atoms with Gasteiger partial charge in [-0.3, -0.25) is 9.59 Å². The third kappa shape index (κ3) is 3.94. The van der Waals surface area contributed by atoms with Crippen molar-refractivity contribution in [3.8, 4) is 0 Å². The highest BCUT2D eigenvalue weighted by molar-refractivity contribution is 5.76. The first-order valence-corrected chi connectivity index (χ1v) is 7.35. The fourth-order valence-electron chi connectivity index (χ4n) is 2.77. The van der Waals surface area contributed by atoms with Crippen LogP contribution >= 0.6 is 0 Å². The molecule has 4 nitrogen and oxygen atoms in total. The molecular formula is C17H21NO3. The Morgan fingerprint density at radius 3 is 2.52 bits per heavy atom. The van der Waals surface area contributed by atoms with Gasteiger partial charge in [-0.25, -0.2) is 0 Å². The number of carbonyl (C=O) groups excluding carboxylic acids is 1. The van der Waals surface area contributed by atoms with Gasteiger partial charge in [-0.2, -0.15) is 0 Å². The fraction of sp³-hybridized carbons (Fsp3) is 0.412. The molecular weight excluding hydrogens is 266 g/mol. The minimum absolute atomic E-state index is 0.0948. The minimum atomic E-state index is -0.795. The zero-order chi connectivity index (χ0) is 15.2.